The molecule has 4 rings (SSSR count). The van der Waals surface area contributed by atoms with Gasteiger partial charge in [0.1, 0.15) is 11.0 Å². The lowest BCUT2D eigenvalue weighted by Gasteiger charge is -2.21. The van der Waals surface area contributed by atoms with Crippen LogP contribution in [0.5, 0.6) is 0 Å². The number of aromatic nitrogens is 2. The van der Waals surface area contributed by atoms with Gasteiger partial charge in [-0.15, -0.1) is 0 Å². The van der Waals surface area contributed by atoms with E-state index in [0.29, 0.717) is 17.0 Å². The van der Waals surface area contributed by atoms with Gasteiger partial charge in [0, 0.05) is 17.5 Å². The normalized spacial score (nSPS) is 34.3. The van der Waals surface area contributed by atoms with Gasteiger partial charge in [0.15, 0.2) is 0 Å². The van der Waals surface area contributed by atoms with Crippen LogP contribution in [0.1, 0.15) is 74.7 Å². The van der Waals surface area contributed by atoms with Gasteiger partial charge in [0.05, 0.1) is 0 Å². The van der Waals surface area contributed by atoms with Crippen LogP contribution in [0.2, 0.25) is 5.15 Å². The number of rotatable bonds is 2. The Hall–Kier alpha value is -0.630. The zero-order chi connectivity index (χ0) is 12.8. The van der Waals surface area contributed by atoms with Crippen molar-refractivity contribution in [1.82, 2.24) is 9.97 Å². The topological polar surface area (TPSA) is 25.8 Å². The van der Waals surface area contributed by atoms with Gasteiger partial charge in [-0.25, -0.2) is 9.97 Å². The molecule has 0 N–H and O–H groups in total. The average molecular weight is 277 g/mol. The summed E-state index contributed by atoms with van der Waals surface area (Å²) < 4.78 is 0. The van der Waals surface area contributed by atoms with Crippen molar-refractivity contribution in [2.24, 2.45) is 11.8 Å². The first-order valence-corrected chi connectivity index (χ1v) is 8.22. The second-order valence-corrected chi connectivity index (χ2v) is 7.12. The summed E-state index contributed by atoms with van der Waals surface area (Å²) in [5.74, 6) is 4.06. The molecule has 0 saturated heterocycles. The van der Waals surface area contributed by atoms with E-state index in [1.165, 1.54) is 57.1 Å². The number of hydrogen-bond acceptors (Lipinski definition) is 2. The largest absolute Gasteiger partial charge is 0.237 e. The molecular weight excluding hydrogens is 256 g/mol. The fourth-order valence-corrected chi connectivity index (χ4v) is 4.81. The quantitative estimate of drug-likeness (QED) is 0.732. The summed E-state index contributed by atoms with van der Waals surface area (Å²) in [6, 6.07) is 2.01. The molecular formula is C16H21ClN2. The molecule has 3 unspecified atom stereocenters. The van der Waals surface area contributed by atoms with E-state index in [4.69, 9.17) is 16.6 Å². The van der Waals surface area contributed by atoms with Gasteiger partial charge in [-0.05, 0) is 50.0 Å². The van der Waals surface area contributed by atoms with Gasteiger partial charge in [-0.2, -0.15) is 0 Å². The van der Waals surface area contributed by atoms with Crippen molar-refractivity contribution in [3.63, 3.8) is 0 Å². The Bertz CT molecular complexity index is 482. The van der Waals surface area contributed by atoms with E-state index >= 15 is 0 Å². The van der Waals surface area contributed by atoms with E-state index in [-0.39, 0.29) is 0 Å². The lowest BCUT2D eigenvalue weighted by atomic mass is 9.88. The maximum absolute atomic E-state index is 6.26. The summed E-state index contributed by atoms with van der Waals surface area (Å²) in [5.41, 5.74) is 1.22. The van der Waals surface area contributed by atoms with Crippen molar-refractivity contribution in [2.45, 2.75) is 63.2 Å². The molecule has 0 spiro atoms. The van der Waals surface area contributed by atoms with Crippen molar-refractivity contribution in [1.29, 1.82) is 0 Å². The van der Waals surface area contributed by atoms with Crippen LogP contribution in [0.3, 0.4) is 0 Å². The third kappa shape index (κ3) is 2.18. The number of nitrogens with zero attached hydrogens (tertiary/aromatic N) is 2. The maximum Gasteiger partial charge on any atom is 0.133 e. The van der Waals surface area contributed by atoms with Crippen molar-refractivity contribution < 1.29 is 0 Å². The van der Waals surface area contributed by atoms with Crippen molar-refractivity contribution in [3.8, 4) is 0 Å². The predicted octanol–water partition coefficient (Wildman–Crippen LogP) is 4.69. The van der Waals surface area contributed by atoms with Gasteiger partial charge in [0.25, 0.3) is 0 Å². The molecule has 1 aromatic rings. The summed E-state index contributed by atoms with van der Waals surface area (Å²) in [6.07, 6.45) is 10.8. The Morgan fingerprint density at radius 1 is 1.00 bits per heavy atom. The predicted molar refractivity (Wildman–Crippen MR) is 76.4 cm³/mol. The average Bonchev–Trinajstić information content (AvgIpc) is 3.15. The Labute approximate surface area is 120 Å². The molecule has 19 heavy (non-hydrogen) atoms. The third-order valence-corrected chi connectivity index (χ3v) is 5.77. The second kappa shape index (κ2) is 4.73. The van der Waals surface area contributed by atoms with E-state index in [2.05, 4.69) is 4.98 Å². The lowest BCUT2D eigenvalue weighted by molar-refractivity contribution is 0.403. The van der Waals surface area contributed by atoms with Crippen LogP contribution in [-0.4, -0.2) is 9.97 Å². The highest BCUT2D eigenvalue weighted by Crippen LogP contribution is 2.52. The minimum Gasteiger partial charge on any atom is -0.237 e. The number of fused-ring (bicyclic) bond motifs is 2. The first kappa shape index (κ1) is 12.1. The lowest BCUT2D eigenvalue weighted by Crippen LogP contribution is -2.14. The van der Waals surface area contributed by atoms with Gasteiger partial charge >= 0.3 is 0 Å². The van der Waals surface area contributed by atoms with Crippen molar-refractivity contribution >= 4 is 11.6 Å². The van der Waals surface area contributed by atoms with E-state index in [1.807, 2.05) is 6.07 Å². The van der Waals surface area contributed by atoms with Crippen LogP contribution in [0.15, 0.2) is 6.07 Å². The summed E-state index contributed by atoms with van der Waals surface area (Å²) in [6.45, 7) is 0. The van der Waals surface area contributed by atoms with E-state index in [9.17, 15) is 0 Å². The van der Waals surface area contributed by atoms with Gasteiger partial charge in [0.2, 0.25) is 0 Å². The Balaban J connectivity index is 1.64. The summed E-state index contributed by atoms with van der Waals surface area (Å²) in [5, 5.41) is 0.662. The van der Waals surface area contributed by atoms with Gasteiger partial charge < -0.3 is 0 Å². The number of halogens is 1. The molecule has 0 aliphatic heterocycles. The van der Waals surface area contributed by atoms with Gasteiger partial charge in [-0.1, -0.05) is 30.9 Å². The monoisotopic (exact) mass is 276 g/mol. The SMILES string of the molecule is Clc1cc(C2CCCC2)nc(C2CC3CCC2C3)n1. The van der Waals surface area contributed by atoms with E-state index < -0.39 is 0 Å². The van der Waals surface area contributed by atoms with E-state index in [1.54, 1.807) is 0 Å². The highest BCUT2D eigenvalue weighted by molar-refractivity contribution is 6.29. The molecule has 3 aliphatic rings. The summed E-state index contributed by atoms with van der Waals surface area (Å²) in [4.78, 5) is 9.48. The Morgan fingerprint density at radius 3 is 2.53 bits per heavy atom. The Kier molecular flexibility index (Phi) is 3.02. The van der Waals surface area contributed by atoms with Crippen LogP contribution in [-0.2, 0) is 0 Å². The van der Waals surface area contributed by atoms with Crippen LogP contribution in [0, 0.1) is 11.8 Å². The zero-order valence-electron chi connectivity index (χ0n) is 11.3. The molecule has 1 heterocycles. The number of hydrogen-bond donors (Lipinski definition) is 0. The fourth-order valence-electron chi connectivity index (χ4n) is 4.61. The molecule has 3 fully saturated rings. The van der Waals surface area contributed by atoms with Gasteiger partial charge in [-0.3, -0.25) is 0 Å². The molecule has 2 bridgehead atoms. The minimum atomic E-state index is 0.595. The highest BCUT2D eigenvalue weighted by Gasteiger charge is 2.41. The second-order valence-electron chi connectivity index (χ2n) is 6.74. The molecule has 3 aliphatic carbocycles. The first-order valence-electron chi connectivity index (χ1n) is 7.84. The van der Waals surface area contributed by atoms with Crippen LogP contribution in [0.25, 0.3) is 0 Å². The molecule has 1 aromatic heterocycles. The third-order valence-electron chi connectivity index (χ3n) is 5.58. The molecule has 3 saturated carbocycles. The van der Waals surface area contributed by atoms with E-state index in [0.717, 1.165) is 17.7 Å². The first-order chi connectivity index (χ1) is 9.29. The summed E-state index contributed by atoms with van der Waals surface area (Å²) >= 11 is 6.26. The van der Waals surface area contributed by atoms with Crippen molar-refractivity contribution in [3.05, 3.63) is 22.7 Å². The van der Waals surface area contributed by atoms with Crippen LogP contribution in [0.4, 0.5) is 0 Å². The molecule has 3 heteroatoms. The maximum atomic E-state index is 6.26. The fraction of sp³-hybridized carbons (Fsp3) is 0.750. The van der Waals surface area contributed by atoms with Crippen molar-refractivity contribution in [2.75, 3.05) is 0 Å². The molecule has 3 atom stereocenters. The zero-order valence-corrected chi connectivity index (χ0v) is 12.1. The standard InChI is InChI=1S/C16H21ClN2/c17-15-9-14(11-3-1-2-4-11)18-16(19-15)13-8-10-5-6-12(13)7-10/h9-13H,1-8H2. The molecule has 102 valence electrons. The highest BCUT2D eigenvalue weighted by atomic mass is 35.5. The molecule has 0 amide bonds. The molecule has 0 radical (unpaired) electrons. The Morgan fingerprint density at radius 2 is 1.84 bits per heavy atom. The smallest absolute Gasteiger partial charge is 0.133 e. The van der Waals surface area contributed by atoms with Crippen LogP contribution < -0.4 is 0 Å². The minimum absolute atomic E-state index is 0.595. The van der Waals surface area contributed by atoms with Crippen LogP contribution >= 0.6 is 11.6 Å². The summed E-state index contributed by atoms with van der Waals surface area (Å²) in [7, 11) is 0. The molecule has 2 nitrogen and oxygen atoms in total. The molecule has 0 aromatic carbocycles.